The van der Waals surface area contributed by atoms with Gasteiger partial charge in [-0.15, -0.1) is 11.8 Å². The highest BCUT2D eigenvalue weighted by molar-refractivity contribution is 8.01. The van der Waals surface area contributed by atoms with Crippen LogP contribution in [0.1, 0.15) is 34.6 Å². The Labute approximate surface area is 131 Å². The van der Waals surface area contributed by atoms with Gasteiger partial charge in [0.1, 0.15) is 11.5 Å². The van der Waals surface area contributed by atoms with Crippen molar-refractivity contribution in [3.63, 3.8) is 0 Å². The molecule has 21 heavy (non-hydrogen) atoms. The molecule has 0 spiro atoms. The molecule has 0 saturated carbocycles. The van der Waals surface area contributed by atoms with Crippen molar-refractivity contribution in [2.75, 3.05) is 24.3 Å². The summed E-state index contributed by atoms with van der Waals surface area (Å²) in [5.74, 6) is 1.76. The average Bonchev–Trinajstić information content (AvgIpc) is 2.39. The second-order valence-corrected chi connectivity index (χ2v) is 7.28. The van der Waals surface area contributed by atoms with Crippen LogP contribution in [0.3, 0.4) is 0 Å². The van der Waals surface area contributed by atoms with Gasteiger partial charge >= 0.3 is 0 Å². The van der Waals surface area contributed by atoms with Crippen molar-refractivity contribution in [3.8, 4) is 11.5 Å². The Morgan fingerprint density at radius 3 is 2.43 bits per heavy atom. The number of ether oxygens (including phenoxy) is 2. The number of carbonyl (C=O) groups is 1. The molecule has 118 valence electrons. The minimum Gasteiger partial charge on any atom is -0.494 e. The first-order valence-corrected chi connectivity index (χ1v) is 8.17. The summed E-state index contributed by atoms with van der Waals surface area (Å²) < 4.78 is 11.1. The SMILES string of the molecule is CCOc1ccc(OCC)c(NC(=O)CSC(C)(C)C)c1. The summed E-state index contributed by atoms with van der Waals surface area (Å²) in [4.78, 5) is 12.1. The van der Waals surface area contributed by atoms with Gasteiger partial charge in [-0.05, 0) is 26.0 Å². The fraction of sp³-hybridized carbons (Fsp3) is 0.562. The zero-order valence-corrected chi connectivity index (χ0v) is 14.3. The maximum absolute atomic E-state index is 12.1. The zero-order chi connectivity index (χ0) is 15.9. The number of benzene rings is 1. The summed E-state index contributed by atoms with van der Waals surface area (Å²) in [7, 11) is 0. The van der Waals surface area contributed by atoms with Crippen molar-refractivity contribution in [3.05, 3.63) is 18.2 Å². The van der Waals surface area contributed by atoms with E-state index in [-0.39, 0.29) is 10.7 Å². The van der Waals surface area contributed by atoms with Gasteiger partial charge in [-0.2, -0.15) is 0 Å². The predicted octanol–water partition coefficient (Wildman–Crippen LogP) is 3.95. The number of hydrogen-bond acceptors (Lipinski definition) is 4. The molecule has 0 aromatic heterocycles. The molecule has 0 aliphatic rings. The zero-order valence-electron chi connectivity index (χ0n) is 13.5. The number of rotatable bonds is 7. The number of thioether (sulfide) groups is 1. The smallest absolute Gasteiger partial charge is 0.234 e. The molecule has 5 heteroatoms. The Balaban J connectivity index is 2.78. The number of nitrogens with one attached hydrogen (secondary N) is 1. The summed E-state index contributed by atoms with van der Waals surface area (Å²) in [5, 5.41) is 2.90. The van der Waals surface area contributed by atoms with E-state index < -0.39 is 0 Å². The summed E-state index contributed by atoms with van der Waals surface area (Å²) >= 11 is 1.61. The van der Waals surface area contributed by atoms with Gasteiger partial charge in [0.15, 0.2) is 0 Å². The highest BCUT2D eigenvalue weighted by Gasteiger charge is 2.15. The molecule has 1 aromatic carbocycles. The van der Waals surface area contributed by atoms with Crippen LogP contribution in [0, 0.1) is 0 Å². The second kappa shape index (κ2) is 8.17. The van der Waals surface area contributed by atoms with Crippen molar-refractivity contribution in [2.24, 2.45) is 0 Å². The van der Waals surface area contributed by atoms with E-state index in [0.717, 1.165) is 5.75 Å². The summed E-state index contributed by atoms with van der Waals surface area (Å²) in [6.07, 6.45) is 0. The number of hydrogen-bond donors (Lipinski definition) is 1. The first-order valence-electron chi connectivity index (χ1n) is 7.19. The Bertz CT molecular complexity index is 469. The van der Waals surface area contributed by atoms with Gasteiger partial charge in [0.2, 0.25) is 5.91 Å². The molecule has 0 radical (unpaired) electrons. The largest absolute Gasteiger partial charge is 0.494 e. The lowest BCUT2D eigenvalue weighted by Crippen LogP contribution is -2.19. The van der Waals surface area contributed by atoms with Gasteiger partial charge in [-0.25, -0.2) is 0 Å². The van der Waals surface area contributed by atoms with Crippen molar-refractivity contribution in [1.82, 2.24) is 0 Å². The summed E-state index contributed by atoms with van der Waals surface area (Å²) in [6, 6.07) is 5.46. The van der Waals surface area contributed by atoms with Crippen LogP contribution >= 0.6 is 11.8 Å². The van der Waals surface area contributed by atoms with Crippen LogP contribution in [0.5, 0.6) is 11.5 Å². The summed E-state index contributed by atoms with van der Waals surface area (Å²) in [6.45, 7) is 11.2. The van der Waals surface area contributed by atoms with Crippen molar-refractivity contribution < 1.29 is 14.3 Å². The molecule has 0 fully saturated rings. The van der Waals surface area contributed by atoms with E-state index in [2.05, 4.69) is 26.1 Å². The molecule has 1 N–H and O–H groups in total. The van der Waals surface area contributed by atoms with E-state index in [1.165, 1.54) is 0 Å². The van der Waals surface area contributed by atoms with Crippen LogP contribution in [0.4, 0.5) is 5.69 Å². The molecule has 0 saturated heterocycles. The first kappa shape index (κ1) is 17.7. The molecule has 0 unspecified atom stereocenters. The normalized spacial score (nSPS) is 11.1. The monoisotopic (exact) mass is 311 g/mol. The Morgan fingerprint density at radius 1 is 1.19 bits per heavy atom. The molecule has 0 bridgehead atoms. The number of amides is 1. The molecule has 4 nitrogen and oxygen atoms in total. The molecular formula is C16H25NO3S. The lowest BCUT2D eigenvalue weighted by Gasteiger charge is -2.18. The van der Waals surface area contributed by atoms with E-state index >= 15 is 0 Å². The third-order valence-corrected chi connectivity index (χ3v) is 3.74. The van der Waals surface area contributed by atoms with Crippen LogP contribution in [0.15, 0.2) is 18.2 Å². The van der Waals surface area contributed by atoms with Gasteiger partial charge in [0.05, 0.1) is 24.7 Å². The van der Waals surface area contributed by atoms with Gasteiger partial charge in [0, 0.05) is 10.8 Å². The van der Waals surface area contributed by atoms with Gasteiger partial charge < -0.3 is 14.8 Å². The molecule has 1 amide bonds. The van der Waals surface area contributed by atoms with Crippen LogP contribution in [0.2, 0.25) is 0 Å². The fourth-order valence-electron chi connectivity index (χ4n) is 1.61. The van der Waals surface area contributed by atoms with Crippen molar-refractivity contribution >= 4 is 23.4 Å². The van der Waals surface area contributed by atoms with E-state index in [9.17, 15) is 4.79 Å². The molecule has 0 aliphatic heterocycles. The maximum Gasteiger partial charge on any atom is 0.234 e. The number of carbonyl (C=O) groups excluding carboxylic acids is 1. The van der Waals surface area contributed by atoms with Crippen molar-refractivity contribution in [1.29, 1.82) is 0 Å². The van der Waals surface area contributed by atoms with Gasteiger partial charge in [0.25, 0.3) is 0 Å². The molecule has 1 rings (SSSR count). The Morgan fingerprint density at radius 2 is 1.86 bits per heavy atom. The molecule has 1 aromatic rings. The molecular weight excluding hydrogens is 286 g/mol. The molecule has 0 heterocycles. The third-order valence-electron chi connectivity index (χ3n) is 2.47. The van der Waals surface area contributed by atoms with E-state index in [1.807, 2.05) is 26.0 Å². The lowest BCUT2D eigenvalue weighted by molar-refractivity contribution is -0.113. The molecule has 0 atom stereocenters. The average molecular weight is 311 g/mol. The topological polar surface area (TPSA) is 47.6 Å². The Hall–Kier alpha value is -1.36. The molecule has 0 aliphatic carbocycles. The third kappa shape index (κ3) is 6.76. The minimum absolute atomic E-state index is 0.0375. The van der Waals surface area contributed by atoms with E-state index in [4.69, 9.17) is 9.47 Å². The van der Waals surface area contributed by atoms with Gasteiger partial charge in [-0.1, -0.05) is 20.8 Å². The summed E-state index contributed by atoms with van der Waals surface area (Å²) in [5.41, 5.74) is 0.655. The maximum atomic E-state index is 12.1. The lowest BCUT2D eigenvalue weighted by atomic mass is 10.2. The fourth-order valence-corrected chi connectivity index (χ4v) is 2.25. The van der Waals surface area contributed by atoms with Crippen LogP contribution in [-0.4, -0.2) is 29.6 Å². The quantitative estimate of drug-likeness (QED) is 0.828. The number of anilines is 1. The standard InChI is InChI=1S/C16H25NO3S/c1-6-19-12-8-9-14(20-7-2)13(10-12)17-15(18)11-21-16(3,4)5/h8-10H,6-7,11H2,1-5H3,(H,17,18). The second-order valence-electron chi connectivity index (χ2n) is 5.47. The highest BCUT2D eigenvalue weighted by atomic mass is 32.2. The minimum atomic E-state index is -0.0375. The highest BCUT2D eigenvalue weighted by Crippen LogP contribution is 2.30. The van der Waals surface area contributed by atoms with Gasteiger partial charge in [-0.3, -0.25) is 4.79 Å². The van der Waals surface area contributed by atoms with Crippen LogP contribution in [0.25, 0.3) is 0 Å². The van der Waals surface area contributed by atoms with E-state index in [0.29, 0.717) is 30.4 Å². The van der Waals surface area contributed by atoms with Crippen molar-refractivity contribution in [2.45, 2.75) is 39.4 Å². The van der Waals surface area contributed by atoms with Crippen LogP contribution < -0.4 is 14.8 Å². The predicted molar refractivity (Wildman–Crippen MR) is 89.6 cm³/mol. The van der Waals surface area contributed by atoms with E-state index in [1.54, 1.807) is 17.8 Å². The Kier molecular flexibility index (Phi) is 6.89. The van der Waals surface area contributed by atoms with Crippen LogP contribution in [-0.2, 0) is 4.79 Å². The first-order chi connectivity index (χ1) is 9.85.